The van der Waals surface area contributed by atoms with Gasteiger partial charge < -0.3 is 10.4 Å². The molecule has 2 N–H and O–H groups in total. The summed E-state index contributed by atoms with van der Waals surface area (Å²) < 4.78 is 12.9. The fraction of sp³-hybridized carbons (Fsp3) is 0.462. The smallest absolute Gasteiger partial charge is 0.238 e. The number of β-amino-alcohol motifs (C(OH)–C–C–N with tert-alkyl or cyclic N) is 1. The molecule has 0 radical (unpaired) electrons. The van der Waals surface area contributed by atoms with Gasteiger partial charge in [-0.25, -0.2) is 4.39 Å². The number of hydrogen-bond acceptors (Lipinski definition) is 3. The van der Waals surface area contributed by atoms with Crippen LogP contribution in [0.5, 0.6) is 0 Å². The summed E-state index contributed by atoms with van der Waals surface area (Å²) in [5, 5.41) is 12.4. The van der Waals surface area contributed by atoms with E-state index >= 15 is 0 Å². The zero-order valence-corrected chi connectivity index (χ0v) is 10.3. The maximum absolute atomic E-state index is 12.9. The standard InChI is InChI=1S/C13H17FN2O2/c1-13(18)5-6-16(9-13)8-12(17)15-11-4-2-3-10(14)7-11/h2-4,7,18H,5-6,8-9H2,1H3,(H,15,17). The molecule has 1 unspecified atom stereocenters. The molecule has 0 spiro atoms. The Kier molecular flexibility index (Phi) is 3.63. The minimum absolute atomic E-state index is 0.196. The third-order valence-electron chi connectivity index (χ3n) is 3.01. The number of carbonyl (C=O) groups is 1. The Balaban J connectivity index is 1.86. The van der Waals surface area contributed by atoms with Crippen molar-refractivity contribution in [3.63, 3.8) is 0 Å². The van der Waals surface area contributed by atoms with Crippen LogP contribution >= 0.6 is 0 Å². The average Bonchev–Trinajstić information content (AvgIpc) is 2.57. The summed E-state index contributed by atoms with van der Waals surface area (Å²) >= 11 is 0. The van der Waals surface area contributed by atoms with Crippen molar-refractivity contribution in [2.45, 2.75) is 18.9 Å². The lowest BCUT2D eigenvalue weighted by Gasteiger charge is -2.18. The lowest BCUT2D eigenvalue weighted by Crippen LogP contribution is -2.35. The SMILES string of the molecule is CC1(O)CCN(CC(=O)Nc2cccc(F)c2)C1. The molecule has 1 fully saturated rings. The lowest BCUT2D eigenvalue weighted by atomic mass is 10.1. The highest BCUT2D eigenvalue weighted by molar-refractivity contribution is 5.92. The van der Waals surface area contributed by atoms with Crippen molar-refractivity contribution in [1.82, 2.24) is 4.90 Å². The summed E-state index contributed by atoms with van der Waals surface area (Å²) in [5.41, 5.74) is -0.259. The van der Waals surface area contributed by atoms with Gasteiger partial charge >= 0.3 is 0 Å². The van der Waals surface area contributed by atoms with Gasteiger partial charge in [0.1, 0.15) is 5.82 Å². The molecule has 1 aromatic rings. The molecular weight excluding hydrogens is 235 g/mol. The van der Waals surface area contributed by atoms with E-state index < -0.39 is 5.60 Å². The largest absolute Gasteiger partial charge is 0.389 e. The summed E-state index contributed by atoms with van der Waals surface area (Å²) in [5.74, 6) is -0.574. The molecule has 18 heavy (non-hydrogen) atoms. The number of aliphatic hydroxyl groups is 1. The Labute approximate surface area is 105 Å². The quantitative estimate of drug-likeness (QED) is 0.850. The Morgan fingerprint density at radius 3 is 3.00 bits per heavy atom. The number of rotatable bonds is 3. The van der Waals surface area contributed by atoms with Crippen LogP contribution < -0.4 is 5.32 Å². The first-order valence-corrected chi connectivity index (χ1v) is 5.95. The number of benzene rings is 1. The number of amides is 1. The van der Waals surface area contributed by atoms with Crippen LogP contribution in [0.2, 0.25) is 0 Å². The fourth-order valence-electron chi connectivity index (χ4n) is 2.14. The second-order valence-corrected chi connectivity index (χ2v) is 5.02. The van der Waals surface area contributed by atoms with Gasteiger partial charge in [0.05, 0.1) is 12.1 Å². The van der Waals surface area contributed by atoms with Crippen molar-refractivity contribution >= 4 is 11.6 Å². The van der Waals surface area contributed by atoms with E-state index in [1.54, 1.807) is 19.1 Å². The molecule has 0 aliphatic carbocycles. The molecule has 5 heteroatoms. The highest BCUT2D eigenvalue weighted by Crippen LogP contribution is 2.19. The zero-order valence-electron chi connectivity index (χ0n) is 10.3. The maximum atomic E-state index is 12.9. The van der Waals surface area contributed by atoms with E-state index in [0.717, 1.165) is 0 Å². The molecule has 0 saturated carbocycles. The van der Waals surface area contributed by atoms with E-state index in [2.05, 4.69) is 5.32 Å². The first-order chi connectivity index (χ1) is 8.44. The predicted octanol–water partition coefficient (Wildman–Crippen LogP) is 1.22. The monoisotopic (exact) mass is 252 g/mol. The summed E-state index contributed by atoms with van der Waals surface area (Å²) in [4.78, 5) is 13.6. The second-order valence-electron chi connectivity index (χ2n) is 5.02. The number of anilines is 1. The fourth-order valence-corrected chi connectivity index (χ4v) is 2.14. The van der Waals surface area contributed by atoms with E-state index in [4.69, 9.17) is 0 Å². The van der Waals surface area contributed by atoms with Crippen LogP contribution in [-0.2, 0) is 4.79 Å². The molecule has 1 atom stereocenters. The van der Waals surface area contributed by atoms with Gasteiger partial charge in [-0.05, 0) is 31.5 Å². The summed E-state index contributed by atoms with van der Waals surface area (Å²) in [6, 6.07) is 5.79. The molecule has 1 aliphatic rings. The first-order valence-electron chi connectivity index (χ1n) is 5.95. The molecule has 98 valence electrons. The molecule has 2 rings (SSSR count). The third kappa shape index (κ3) is 3.51. The minimum atomic E-state index is -0.709. The van der Waals surface area contributed by atoms with Gasteiger partial charge in [-0.3, -0.25) is 9.69 Å². The van der Waals surface area contributed by atoms with Crippen LogP contribution in [0.4, 0.5) is 10.1 Å². The Bertz CT molecular complexity index is 448. The van der Waals surface area contributed by atoms with Crippen LogP contribution in [0, 0.1) is 5.82 Å². The normalized spacial score (nSPS) is 24.2. The molecule has 1 heterocycles. The highest BCUT2D eigenvalue weighted by atomic mass is 19.1. The maximum Gasteiger partial charge on any atom is 0.238 e. The zero-order chi connectivity index (χ0) is 13.2. The summed E-state index contributed by atoms with van der Waals surface area (Å²) in [6.07, 6.45) is 0.667. The van der Waals surface area contributed by atoms with Crippen molar-refractivity contribution in [3.05, 3.63) is 30.1 Å². The number of likely N-dealkylation sites (tertiary alicyclic amines) is 1. The van der Waals surface area contributed by atoms with E-state index in [1.807, 2.05) is 4.90 Å². The number of carbonyl (C=O) groups excluding carboxylic acids is 1. The van der Waals surface area contributed by atoms with Gasteiger partial charge in [-0.15, -0.1) is 0 Å². The number of nitrogens with zero attached hydrogens (tertiary/aromatic N) is 1. The Morgan fingerprint density at radius 2 is 2.39 bits per heavy atom. The van der Waals surface area contributed by atoms with Crippen LogP contribution in [0.3, 0.4) is 0 Å². The van der Waals surface area contributed by atoms with Crippen molar-refractivity contribution in [2.75, 3.05) is 25.0 Å². The average molecular weight is 252 g/mol. The minimum Gasteiger partial charge on any atom is -0.389 e. The van der Waals surface area contributed by atoms with Gasteiger partial charge in [0, 0.05) is 18.8 Å². The summed E-state index contributed by atoms with van der Waals surface area (Å²) in [6.45, 7) is 3.16. The molecule has 0 aromatic heterocycles. The van der Waals surface area contributed by atoms with Crippen LogP contribution in [0.1, 0.15) is 13.3 Å². The summed E-state index contributed by atoms with van der Waals surface area (Å²) in [7, 11) is 0. The van der Waals surface area contributed by atoms with E-state index in [9.17, 15) is 14.3 Å². The van der Waals surface area contributed by atoms with Crippen LogP contribution in [0.25, 0.3) is 0 Å². The van der Waals surface area contributed by atoms with Crippen LogP contribution in [-0.4, -0.2) is 41.1 Å². The van der Waals surface area contributed by atoms with Gasteiger partial charge in [-0.2, -0.15) is 0 Å². The second kappa shape index (κ2) is 5.04. The topological polar surface area (TPSA) is 52.6 Å². The lowest BCUT2D eigenvalue weighted by molar-refractivity contribution is -0.117. The molecule has 4 nitrogen and oxygen atoms in total. The third-order valence-corrected chi connectivity index (χ3v) is 3.01. The molecule has 1 aromatic carbocycles. The molecule has 0 bridgehead atoms. The van der Waals surface area contributed by atoms with Gasteiger partial charge in [0.2, 0.25) is 5.91 Å². The molecular formula is C13H17FN2O2. The van der Waals surface area contributed by atoms with E-state index in [1.165, 1.54) is 12.1 Å². The van der Waals surface area contributed by atoms with E-state index in [0.29, 0.717) is 25.2 Å². The molecule has 1 amide bonds. The van der Waals surface area contributed by atoms with Gasteiger partial charge in [0.25, 0.3) is 0 Å². The van der Waals surface area contributed by atoms with Crippen molar-refractivity contribution in [3.8, 4) is 0 Å². The number of halogens is 1. The number of nitrogens with one attached hydrogen (secondary N) is 1. The molecule has 1 saturated heterocycles. The van der Waals surface area contributed by atoms with Crippen LogP contribution in [0.15, 0.2) is 24.3 Å². The first kappa shape index (κ1) is 13.0. The predicted molar refractivity (Wildman–Crippen MR) is 66.7 cm³/mol. The Hall–Kier alpha value is -1.46. The highest BCUT2D eigenvalue weighted by Gasteiger charge is 2.31. The van der Waals surface area contributed by atoms with Gasteiger partial charge in [0.15, 0.2) is 0 Å². The Morgan fingerprint density at radius 1 is 1.61 bits per heavy atom. The van der Waals surface area contributed by atoms with Gasteiger partial charge in [-0.1, -0.05) is 6.07 Å². The van der Waals surface area contributed by atoms with Crippen molar-refractivity contribution in [1.29, 1.82) is 0 Å². The van der Waals surface area contributed by atoms with Crippen molar-refractivity contribution < 1.29 is 14.3 Å². The van der Waals surface area contributed by atoms with E-state index in [-0.39, 0.29) is 18.3 Å². The number of hydrogen-bond donors (Lipinski definition) is 2. The molecule has 1 aliphatic heterocycles. The van der Waals surface area contributed by atoms with Crippen molar-refractivity contribution in [2.24, 2.45) is 0 Å².